The van der Waals surface area contributed by atoms with Gasteiger partial charge in [0.05, 0.1) is 16.1 Å². The van der Waals surface area contributed by atoms with Crippen LogP contribution >= 0.6 is 23.2 Å². The minimum absolute atomic E-state index is 0.0451. The molecule has 2 amide bonds. The van der Waals surface area contributed by atoms with Gasteiger partial charge in [0.1, 0.15) is 0 Å². The van der Waals surface area contributed by atoms with Gasteiger partial charge in [-0.15, -0.1) is 0 Å². The minimum atomic E-state index is -0.205. The molecule has 0 spiro atoms. The van der Waals surface area contributed by atoms with Crippen molar-refractivity contribution in [3.05, 3.63) is 70.2 Å². The van der Waals surface area contributed by atoms with Crippen molar-refractivity contribution < 1.29 is 9.59 Å². The Kier molecular flexibility index (Phi) is 13.4. The second-order valence-electron chi connectivity index (χ2n) is 10.1. The molecule has 0 radical (unpaired) electrons. The second-order valence-corrected chi connectivity index (χ2v) is 10.9. The number of carbonyl (C=O) groups is 2. The standard InChI is InChI=1S/C24H36Cl2N4O2.C6H6/c1-2-3-13-30-15-9-19(17-27-23(31)18-7-8-20(25)21(26)16-18)28-22(24(30)32)10-14-29-11-5-4-6-12-29;1-2-4-6-5-3-1/h7-8,16,19,22,28H,2-6,9-15,17H2,1H3,(H,27,31);1-6H. The van der Waals surface area contributed by atoms with E-state index in [0.717, 1.165) is 58.4 Å². The molecule has 2 heterocycles. The average Bonchev–Trinajstić information content (AvgIpc) is 3.10. The fourth-order valence-electron chi connectivity index (χ4n) is 4.86. The summed E-state index contributed by atoms with van der Waals surface area (Å²) in [5.41, 5.74) is 0.482. The van der Waals surface area contributed by atoms with E-state index in [1.165, 1.54) is 19.3 Å². The summed E-state index contributed by atoms with van der Waals surface area (Å²) >= 11 is 12.0. The highest BCUT2D eigenvalue weighted by Gasteiger charge is 2.31. The Labute approximate surface area is 238 Å². The van der Waals surface area contributed by atoms with Crippen LogP contribution in [0.25, 0.3) is 0 Å². The van der Waals surface area contributed by atoms with Crippen LogP contribution in [-0.4, -0.2) is 73.0 Å². The summed E-state index contributed by atoms with van der Waals surface area (Å²) in [6.45, 7) is 7.34. The van der Waals surface area contributed by atoms with Crippen LogP contribution in [0.4, 0.5) is 0 Å². The molecular weight excluding hydrogens is 519 g/mol. The number of nitrogens with one attached hydrogen (secondary N) is 2. The lowest BCUT2D eigenvalue weighted by Gasteiger charge is -2.30. The maximum Gasteiger partial charge on any atom is 0.251 e. The molecule has 2 unspecified atom stereocenters. The molecule has 2 fully saturated rings. The highest BCUT2D eigenvalue weighted by molar-refractivity contribution is 6.42. The Balaban J connectivity index is 0.000000585. The van der Waals surface area contributed by atoms with Gasteiger partial charge in [0.2, 0.25) is 5.91 Å². The average molecular weight is 562 g/mol. The van der Waals surface area contributed by atoms with Crippen LogP contribution in [0.3, 0.4) is 0 Å². The van der Waals surface area contributed by atoms with Crippen LogP contribution in [0.2, 0.25) is 10.0 Å². The quantitative estimate of drug-likeness (QED) is 0.416. The fourth-order valence-corrected chi connectivity index (χ4v) is 5.15. The molecule has 2 aromatic carbocycles. The van der Waals surface area contributed by atoms with Gasteiger partial charge < -0.3 is 20.4 Å². The molecule has 0 saturated carbocycles. The lowest BCUT2D eigenvalue weighted by Crippen LogP contribution is -2.50. The molecule has 2 N–H and O–H groups in total. The number of rotatable bonds is 9. The van der Waals surface area contributed by atoms with Gasteiger partial charge in [-0.2, -0.15) is 0 Å². The maximum absolute atomic E-state index is 13.2. The van der Waals surface area contributed by atoms with Gasteiger partial charge in [-0.1, -0.05) is 79.4 Å². The van der Waals surface area contributed by atoms with Crippen LogP contribution < -0.4 is 10.6 Å². The molecule has 6 nitrogen and oxygen atoms in total. The molecule has 4 rings (SSSR count). The van der Waals surface area contributed by atoms with Crippen molar-refractivity contribution >= 4 is 35.0 Å². The number of hydrogen-bond donors (Lipinski definition) is 2. The Hall–Kier alpha value is -2.12. The number of likely N-dealkylation sites (tertiary alicyclic amines) is 1. The van der Waals surface area contributed by atoms with Crippen molar-refractivity contribution in [1.29, 1.82) is 0 Å². The highest BCUT2D eigenvalue weighted by atomic mass is 35.5. The Morgan fingerprint density at radius 3 is 2.29 bits per heavy atom. The molecule has 0 aliphatic carbocycles. The van der Waals surface area contributed by atoms with Gasteiger partial charge in [-0.3, -0.25) is 9.59 Å². The van der Waals surface area contributed by atoms with Gasteiger partial charge in [0.15, 0.2) is 0 Å². The summed E-state index contributed by atoms with van der Waals surface area (Å²) in [4.78, 5) is 30.3. The summed E-state index contributed by atoms with van der Waals surface area (Å²) < 4.78 is 0. The second kappa shape index (κ2) is 16.8. The Morgan fingerprint density at radius 1 is 0.974 bits per heavy atom. The first kappa shape index (κ1) is 30.4. The minimum Gasteiger partial charge on any atom is -0.350 e. The van der Waals surface area contributed by atoms with E-state index in [0.29, 0.717) is 22.2 Å². The van der Waals surface area contributed by atoms with Crippen molar-refractivity contribution in [3.8, 4) is 0 Å². The van der Waals surface area contributed by atoms with E-state index in [9.17, 15) is 9.59 Å². The smallest absolute Gasteiger partial charge is 0.251 e. The largest absolute Gasteiger partial charge is 0.350 e. The van der Waals surface area contributed by atoms with Crippen molar-refractivity contribution in [1.82, 2.24) is 20.4 Å². The molecule has 38 heavy (non-hydrogen) atoms. The number of carbonyl (C=O) groups excluding carboxylic acids is 2. The third-order valence-electron chi connectivity index (χ3n) is 7.12. The maximum atomic E-state index is 13.2. The van der Waals surface area contributed by atoms with Crippen LogP contribution in [0.15, 0.2) is 54.6 Å². The first-order valence-corrected chi connectivity index (χ1v) is 14.7. The van der Waals surface area contributed by atoms with E-state index in [1.54, 1.807) is 18.2 Å². The van der Waals surface area contributed by atoms with E-state index in [4.69, 9.17) is 23.2 Å². The van der Waals surface area contributed by atoms with Crippen LogP contribution in [0, 0.1) is 0 Å². The van der Waals surface area contributed by atoms with Crippen molar-refractivity contribution in [3.63, 3.8) is 0 Å². The monoisotopic (exact) mass is 560 g/mol. The predicted octanol–water partition coefficient (Wildman–Crippen LogP) is 5.65. The van der Waals surface area contributed by atoms with E-state index in [2.05, 4.69) is 22.5 Å². The van der Waals surface area contributed by atoms with Crippen molar-refractivity contribution in [2.24, 2.45) is 0 Å². The molecule has 2 aliphatic rings. The van der Waals surface area contributed by atoms with Crippen molar-refractivity contribution in [2.75, 3.05) is 39.3 Å². The molecular formula is C30H42Cl2N4O2. The van der Waals surface area contributed by atoms with E-state index < -0.39 is 0 Å². The molecule has 0 aromatic heterocycles. The molecule has 8 heteroatoms. The highest BCUT2D eigenvalue weighted by Crippen LogP contribution is 2.22. The first-order chi connectivity index (χ1) is 18.5. The molecule has 208 valence electrons. The Bertz CT molecular complexity index is 959. The SMILES string of the molecule is CCCCN1CCC(CNC(=O)c2ccc(Cl)c(Cl)c2)NC(CCN2CCCCC2)C1=O.c1ccccc1. The predicted molar refractivity (Wildman–Crippen MR) is 157 cm³/mol. The molecule has 2 saturated heterocycles. The van der Waals surface area contributed by atoms with Gasteiger partial charge >= 0.3 is 0 Å². The van der Waals surface area contributed by atoms with Gasteiger partial charge in [-0.25, -0.2) is 0 Å². The van der Waals surface area contributed by atoms with E-state index in [-0.39, 0.29) is 23.9 Å². The zero-order valence-corrected chi connectivity index (χ0v) is 24.0. The normalized spacial score (nSPS) is 20.3. The third kappa shape index (κ3) is 10.2. The summed E-state index contributed by atoms with van der Waals surface area (Å²) in [6.07, 6.45) is 7.51. The summed E-state index contributed by atoms with van der Waals surface area (Å²) in [7, 11) is 0. The zero-order valence-electron chi connectivity index (χ0n) is 22.5. The van der Waals surface area contributed by atoms with E-state index >= 15 is 0 Å². The number of amides is 2. The molecule has 2 aliphatic heterocycles. The fraction of sp³-hybridized carbons (Fsp3) is 0.533. The lowest BCUT2D eigenvalue weighted by molar-refractivity contribution is -0.133. The molecule has 0 bridgehead atoms. The topological polar surface area (TPSA) is 64.7 Å². The summed E-state index contributed by atoms with van der Waals surface area (Å²) in [5.74, 6) is 0.0161. The van der Waals surface area contributed by atoms with E-state index in [1.807, 2.05) is 41.3 Å². The van der Waals surface area contributed by atoms with Gasteiger partial charge in [0, 0.05) is 37.8 Å². The Morgan fingerprint density at radius 2 is 1.66 bits per heavy atom. The zero-order chi connectivity index (χ0) is 27.2. The van der Waals surface area contributed by atoms with Crippen molar-refractivity contribution in [2.45, 2.75) is 64.0 Å². The summed E-state index contributed by atoms with van der Waals surface area (Å²) in [6, 6.07) is 16.7. The first-order valence-electron chi connectivity index (χ1n) is 14.0. The van der Waals surface area contributed by atoms with Crippen LogP contribution in [-0.2, 0) is 4.79 Å². The molecule has 2 atom stereocenters. The third-order valence-corrected chi connectivity index (χ3v) is 7.85. The number of benzene rings is 2. The summed E-state index contributed by atoms with van der Waals surface area (Å²) in [5, 5.41) is 7.35. The number of piperidine rings is 1. The number of halogens is 2. The molecule has 2 aromatic rings. The number of hydrogen-bond acceptors (Lipinski definition) is 4. The van der Waals surface area contributed by atoms with Crippen LogP contribution in [0.1, 0.15) is 62.2 Å². The number of unbranched alkanes of at least 4 members (excludes halogenated alkanes) is 1. The lowest BCUT2D eigenvalue weighted by atomic mass is 10.1. The van der Waals surface area contributed by atoms with Gasteiger partial charge in [0.25, 0.3) is 5.91 Å². The van der Waals surface area contributed by atoms with Crippen LogP contribution in [0.5, 0.6) is 0 Å². The number of nitrogens with zero attached hydrogens (tertiary/aromatic N) is 2. The van der Waals surface area contributed by atoms with Gasteiger partial charge in [-0.05, 0) is 63.4 Å².